The van der Waals surface area contributed by atoms with Gasteiger partial charge < -0.3 is 19.7 Å². The van der Waals surface area contributed by atoms with E-state index in [-0.39, 0.29) is 18.3 Å². The highest BCUT2D eigenvalue weighted by Gasteiger charge is 2.42. The molecule has 0 bridgehead atoms. The summed E-state index contributed by atoms with van der Waals surface area (Å²) in [5.41, 5.74) is 3.55. The Morgan fingerprint density at radius 1 is 1.29 bits per heavy atom. The molecule has 1 aliphatic rings. The summed E-state index contributed by atoms with van der Waals surface area (Å²) >= 11 is 0. The van der Waals surface area contributed by atoms with Crippen molar-refractivity contribution in [2.75, 3.05) is 27.2 Å². The third-order valence-electron chi connectivity index (χ3n) is 5.05. The van der Waals surface area contributed by atoms with Gasteiger partial charge in [0, 0.05) is 30.5 Å². The number of aromatic nitrogens is 1. The van der Waals surface area contributed by atoms with Crippen LogP contribution in [0.1, 0.15) is 43.9 Å². The summed E-state index contributed by atoms with van der Waals surface area (Å²) in [5, 5.41) is 10.7. The third kappa shape index (κ3) is 3.23. The molecule has 3 rings (SSSR count). The molecule has 0 saturated carbocycles. The van der Waals surface area contributed by atoms with Crippen LogP contribution in [0.3, 0.4) is 0 Å². The van der Waals surface area contributed by atoms with Crippen LogP contribution in [0.15, 0.2) is 24.3 Å². The Balaban J connectivity index is 2.09. The largest absolute Gasteiger partial charge is 0.396 e. The molecule has 2 unspecified atom stereocenters. The van der Waals surface area contributed by atoms with E-state index in [1.165, 1.54) is 22.2 Å². The highest BCUT2D eigenvalue weighted by atomic mass is 16.5. The van der Waals surface area contributed by atoms with Crippen LogP contribution < -0.4 is 0 Å². The number of aromatic amines is 1. The van der Waals surface area contributed by atoms with Crippen LogP contribution in [0.25, 0.3) is 10.9 Å². The zero-order chi connectivity index (χ0) is 17.2. The Morgan fingerprint density at radius 2 is 2.08 bits per heavy atom. The van der Waals surface area contributed by atoms with Crippen molar-refractivity contribution in [1.82, 2.24) is 9.88 Å². The van der Waals surface area contributed by atoms with Gasteiger partial charge in [0.2, 0.25) is 0 Å². The van der Waals surface area contributed by atoms with Crippen LogP contribution in [0.4, 0.5) is 0 Å². The van der Waals surface area contributed by atoms with Gasteiger partial charge in [0.1, 0.15) is 5.60 Å². The summed E-state index contributed by atoms with van der Waals surface area (Å²) in [5.74, 6) is 0. The molecule has 4 nitrogen and oxygen atoms in total. The first-order chi connectivity index (χ1) is 11.6. The Morgan fingerprint density at radius 3 is 2.79 bits per heavy atom. The van der Waals surface area contributed by atoms with Gasteiger partial charge in [0.05, 0.1) is 11.8 Å². The predicted molar refractivity (Wildman–Crippen MR) is 98.3 cm³/mol. The number of hydrogen-bond acceptors (Lipinski definition) is 3. The molecular formula is C20H30N2O2. The van der Waals surface area contributed by atoms with Gasteiger partial charge in [-0.05, 0) is 45.0 Å². The number of ether oxygens (including phenoxy) is 1. The van der Waals surface area contributed by atoms with Crippen LogP contribution in [-0.2, 0) is 16.8 Å². The quantitative estimate of drug-likeness (QED) is 0.817. The molecule has 2 N–H and O–H groups in total. The molecule has 2 aromatic rings. The maximum absolute atomic E-state index is 9.40. The zero-order valence-corrected chi connectivity index (χ0v) is 15.1. The highest BCUT2D eigenvalue weighted by molar-refractivity contribution is 5.85. The van der Waals surface area contributed by atoms with E-state index in [1.54, 1.807) is 0 Å². The van der Waals surface area contributed by atoms with E-state index >= 15 is 0 Å². The van der Waals surface area contributed by atoms with Crippen LogP contribution in [0.2, 0.25) is 0 Å². The van der Waals surface area contributed by atoms with Gasteiger partial charge in [-0.2, -0.15) is 0 Å². The van der Waals surface area contributed by atoms with Gasteiger partial charge in [-0.1, -0.05) is 31.5 Å². The summed E-state index contributed by atoms with van der Waals surface area (Å²) < 4.78 is 6.70. The molecule has 2 heterocycles. The Labute approximate surface area is 144 Å². The minimum atomic E-state index is -0.301. The van der Waals surface area contributed by atoms with E-state index < -0.39 is 0 Å². The molecule has 24 heavy (non-hydrogen) atoms. The van der Waals surface area contributed by atoms with Crippen LogP contribution in [0, 0.1) is 0 Å². The third-order valence-corrected chi connectivity index (χ3v) is 5.05. The molecule has 0 fully saturated rings. The fraction of sp³-hybridized carbons (Fsp3) is 0.600. The molecular weight excluding hydrogens is 300 g/mol. The van der Waals surface area contributed by atoms with E-state index in [1.807, 2.05) is 0 Å². The Hall–Kier alpha value is -1.36. The van der Waals surface area contributed by atoms with Crippen LogP contribution in [0.5, 0.6) is 0 Å². The number of nitrogens with zero attached hydrogens (tertiary/aromatic N) is 1. The first kappa shape index (κ1) is 17.5. The SMILES string of the molecule is CCCC1(CCCO)OC(CN(C)C)Cc2c1[nH]c1ccccc21. The summed E-state index contributed by atoms with van der Waals surface area (Å²) in [7, 11) is 4.20. The second-order valence-electron chi connectivity index (χ2n) is 7.30. The van der Waals surface area contributed by atoms with Crippen molar-refractivity contribution in [2.24, 2.45) is 0 Å². The molecule has 132 valence electrons. The second kappa shape index (κ2) is 7.26. The molecule has 2 atom stereocenters. The lowest BCUT2D eigenvalue weighted by Gasteiger charge is -2.42. The average molecular weight is 330 g/mol. The summed E-state index contributed by atoms with van der Waals surface area (Å²) in [4.78, 5) is 5.86. The van der Waals surface area contributed by atoms with Crippen LogP contribution in [-0.4, -0.2) is 48.3 Å². The smallest absolute Gasteiger partial charge is 0.109 e. The number of fused-ring (bicyclic) bond motifs is 3. The second-order valence-corrected chi connectivity index (χ2v) is 7.30. The van der Waals surface area contributed by atoms with Crippen molar-refractivity contribution in [3.8, 4) is 0 Å². The Bertz CT molecular complexity index is 679. The number of benzene rings is 1. The van der Waals surface area contributed by atoms with Crippen molar-refractivity contribution in [1.29, 1.82) is 0 Å². The first-order valence-corrected chi connectivity index (χ1v) is 9.13. The van der Waals surface area contributed by atoms with Crippen molar-refractivity contribution in [3.63, 3.8) is 0 Å². The molecule has 1 aliphatic heterocycles. The monoisotopic (exact) mass is 330 g/mol. The van der Waals surface area contributed by atoms with Gasteiger partial charge in [0.15, 0.2) is 0 Å². The molecule has 1 aromatic carbocycles. The van der Waals surface area contributed by atoms with Gasteiger partial charge in [0.25, 0.3) is 0 Å². The van der Waals surface area contributed by atoms with Crippen molar-refractivity contribution in [2.45, 2.75) is 50.7 Å². The molecule has 0 saturated heterocycles. The predicted octanol–water partition coefficient (Wildman–Crippen LogP) is 3.44. The lowest BCUT2D eigenvalue weighted by Crippen LogP contribution is -2.44. The zero-order valence-electron chi connectivity index (χ0n) is 15.1. The Kier molecular flexibility index (Phi) is 5.28. The molecule has 0 amide bonds. The van der Waals surface area contributed by atoms with Crippen molar-refractivity contribution >= 4 is 10.9 Å². The first-order valence-electron chi connectivity index (χ1n) is 9.13. The van der Waals surface area contributed by atoms with Crippen molar-refractivity contribution in [3.05, 3.63) is 35.5 Å². The van der Waals surface area contributed by atoms with Crippen molar-refractivity contribution < 1.29 is 9.84 Å². The fourth-order valence-electron chi connectivity index (χ4n) is 4.22. The molecule has 0 aliphatic carbocycles. The maximum atomic E-state index is 9.40. The highest BCUT2D eigenvalue weighted by Crippen LogP contribution is 2.44. The molecule has 4 heteroatoms. The number of aliphatic hydroxyl groups is 1. The lowest BCUT2D eigenvalue weighted by atomic mass is 9.82. The maximum Gasteiger partial charge on any atom is 0.109 e. The summed E-state index contributed by atoms with van der Waals surface area (Å²) in [6.07, 6.45) is 4.81. The standard InChI is InChI=1S/C20H30N2O2/c1-4-10-20(11-7-12-23)19-17(13-15(24-20)14-22(2)3)16-8-5-6-9-18(16)21-19/h5-6,8-9,15,21,23H,4,7,10-14H2,1-3H3. The molecule has 0 radical (unpaired) electrons. The lowest BCUT2D eigenvalue weighted by molar-refractivity contribution is -0.130. The molecule has 1 aromatic heterocycles. The van der Waals surface area contributed by atoms with Crippen LogP contribution >= 0.6 is 0 Å². The number of likely N-dealkylation sites (N-methyl/N-ethyl adjacent to an activating group) is 1. The fourth-order valence-corrected chi connectivity index (χ4v) is 4.22. The number of nitrogens with one attached hydrogen (secondary N) is 1. The number of hydrogen-bond donors (Lipinski definition) is 2. The number of rotatable bonds is 7. The number of para-hydroxylation sites is 1. The van der Waals surface area contributed by atoms with Gasteiger partial charge in [-0.3, -0.25) is 0 Å². The summed E-state index contributed by atoms with van der Waals surface area (Å²) in [6, 6.07) is 8.56. The van der Waals surface area contributed by atoms with E-state index in [0.717, 1.165) is 38.6 Å². The average Bonchev–Trinajstić information content (AvgIpc) is 2.92. The molecule has 0 spiro atoms. The normalized spacial score (nSPS) is 23.8. The van der Waals surface area contributed by atoms with E-state index in [2.05, 4.69) is 55.2 Å². The topological polar surface area (TPSA) is 48.5 Å². The van der Waals surface area contributed by atoms with E-state index in [4.69, 9.17) is 4.74 Å². The van der Waals surface area contributed by atoms with E-state index in [0.29, 0.717) is 0 Å². The van der Waals surface area contributed by atoms with Gasteiger partial charge in [-0.15, -0.1) is 0 Å². The minimum Gasteiger partial charge on any atom is -0.396 e. The number of H-pyrrole nitrogens is 1. The summed E-state index contributed by atoms with van der Waals surface area (Å²) in [6.45, 7) is 3.34. The van der Waals surface area contributed by atoms with Gasteiger partial charge >= 0.3 is 0 Å². The minimum absolute atomic E-state index is 0.192. The van der Waals surface area contributed by atoms with E-state index in [9.17, 15) is 5.11 Å². The number of aliphatic hydroxyl groups excluding tert-OH is 1. The van der Waals surface area contributed by atoms with Gasteiger partial charge in [-0.25, -0.2) is 0 Å².